The van der Waals surface area contributed by atoms with E-state index in [0.29, 0.717) is 0 Å². The van der Waals surface area contributed by atoms with Gasteiger partial charge < -0.3 is 4.74 Å². The van der Waals surface area contributed by atoms with Gasteiger partial charge in [0, 0.05) is 6.54 Å². The van der Waals surface area contributed by atoms with Crippen LogP contribution in [0.2, 0.25) is 0 Å². The van der Waals surface area contributed by atoms with Gasteiger partial charge in [-0.1, -0.05) is 60.7 Å². The lowest BCUT2D eigenvalue weighted by atomic mass is 9.98. The molecule has 0 aliphatic carbocycles. The zero-order chi connectivity index (χ0) is 13.9. The molecule has 0 radical (unpaired) electrons. The lowest BCUT2D eigenvalue weighted by Gasteiger charge is -2.20. The molecule has 3 rings (SSSR count). The summed E-state index contributed by atoms with van der Waals surface area (Å²) in [6.45, 7) is 0.751. The van der Waals surface area contributed by atoms with Crippen molar-refractivity contribution < 1.29 is 9.53 Å². The summed E-state index contributed by atoms with van der Waals surface area (Å²) >= 11 is 0. The first-order valence-electron chi connectivity index (χ1n) is 6.74. The highest BCUT2D eigenvalue weighted by molar-refractivity contribution is 5.79. The molecule has 20 heavy (non-hydrogen) atoms. The average Bonchev–Trinajstić information content (AvgIpc) is 3.29. The summed E-state index contributed by atoms with van der Waals surface area (Å²) < 4.78 is 4.85. The van der Waals surface area contributed by atoms with Gasteiger partial charge in [0.1, 0.15) is 6.04 Å². The number of methoxy groups -OCH3 is 1. The molecule has 2 aromatic rings. The summed E-state index contributed by atoms with van der Waals surface area (Å²) in [4.78, 5) is 13.9. The summed E-state index contributed by atoms with van der Waals surface area (Å²) in [5, 5.41) is 0. The third kappa shape index (κ3) is 2.45. The largest absolute Gasteiger partial charge is 0.468 e. The minimum atomic E-state index is -0.151. The summed E-state index contributed by atoms with van der Waals surface area (Å²) in [7, 11) is 1.44. The molecule has 0 bridgehead atoms. The maximum atomic E-state index is 11.7. The van der Waals surface area contributed by atoms with Crippen LogP contribution in [0, 0.1) is 0 Å². The first kappa shape index (κ1) is 12.9. The van der Waals surface area contributed by atoms with Gasteiger partial charge in [0.15, 0.2) is 0 Å². The minimum Gasteiger partial charge on any atom is -0.468 e. The maximum absolute atomic E-state index is 11.7. The van der Waals surface area contributed by atoms with Crippen molar-refractivity contribution in [3.8, 4) is 0 Å². The molecule has 0 aromatic heterocycles. The molecule has 102 valence electrons. The average molecular weight is 267 g/mol. The molecule has 1 aliphatic heterocycles. The fraction of sp³-hybridized carbons (Fsp3) is 0.235. The quantitative estimate of drug-likeness (QED) is 0.630. The van der Waals surface area contributed by atoms with E-state index in [2.05, 4.69) is 29.2 Å². The third-order valence-corrected chi connectivity index (χ3v) is 3.69. The lowest BCUT2D eigenvalue weighted by molar-refractivity contribution is -0.141. The van der Waals surface area contributed by atoms with Crippen LogP contribution in [0.1, 0.15) is 17.2 Å². The zero-order valence-corrected chi connectivity index (χ0v) is 11.4. The molecular weight excluding hydrogens is 250 g/mol. The van der Waals surface area contributed by atoms with Crippen LogP contribution in [0.25, 0.3) is 0 Å². The number of ether oxygens (including phenoxy) is 1. The van der Waals surface area contributed by atoms with Crippen molar-refractivity contribution in [2.75, 3.05) is 13.7 Å². The van der Waals surface area contributed by atoms with E-state index in [9.17, 15) is 4.79 Å². The number of hydrogen-bond acceptors (Lipinski definition) is 3. The van der Waals surface area contributed by atoms with E-state index in [0.717, 1.165) is 6.54 Å². The molecule has 1 aliphatic rings. The molecule has 2 aromatic carbocycles. The van der Waals surface area contributed by atoms with Gasteiger partial charge in [0.2, 0.25) is 0 Å². The molecule has 3 heteroatoms. The van der Waals surface area contributed by atoms with E-state index in [-0.39, 0.29) is 18.1 Å². The van der Waals surface area contributed by atoms with Crippen LogP contribution < -0.4 is 0 Å². The Kier molecular flexibility index (Phi) is 3.52. The Bertz CT molecular complexity index is 543. The first-order chi connectivity index (χ1) is 9.81. The van der Waals surface area contributed by atoms with Crippen LogP contribution in [-0.2, 0) is 9.53 Å². The summed E-state index contributed by atoms with van der Waals surface area (Å²) in [6.07, 6.45) is 0. The van der Waals surface area contributed by atoms with E-state index in [4.69, 9.17) is 4.74 Å². The maximum Gasteiger partial charge on any atom is 0.324 e. The molecular formula is C17H17NO2. The second kappa shape index (κ2) is 5.47. The Labute approximate surface area is 118 Å². The van der Waals surface area contributed by atoms with Crippen molar-refractivity contribution in [2.24, 2.45) is 0 Å². The standard InChI is InChI=1S/C17H17NO2/c1-20-17(19)15-12-18(15)16(13-8-4-2-5-9-13)14-10-6-3-7-11-14/h2-11,15-16H,12H2,1H3/t15-,18?/m0/s1. The topological polar surface area (TPSA) is 29.3 Å². The second-order valence-corrected chi connectivity index (χ2v) is 4.96. The van der Waals surface area contributed by atoms with E-state index >= 15 is 0 Å². The van der Waals surface area contributed by atoms with Gasteiger partial charge in [-0.15, -0.1) is 0 Å². The lowest BCUT2D eigenvalue weighted by Crippen LogP contribution is -2.19. The highest BCUT2D eigenvalue weighted by Crippen LogP contribution is 2.37. The molecule has 2 atom stereocenters. The predicted octanol–water partition coefficient (Wildman–Crippen LogP) is 2.63. The fourth-order valence-corrected chi connectivity index (χ4v) is 2.63. The molecule has 0 N–H and O–H groups in total. The number of hydrogen-bond donors (Lipinski definition) is 0. The van der Waals surface area contributed by atoms with Gasteiger partial charge in [-0.2, -0.15) is 0 Å². The summed E-state index contributed by atoms with van der Waals surface area (Å²) in [5.74, 6) is -0.151. The van der Waals surface area contributed by atoms with Gasteiger partial charge in [-0.25, -0.2) is 0 Å². The van der Waals surface area contributed by atoms with Gasteiger partial charge in [-0.3, -0.25) is 9.69 Å². The van der Waals surface area contributed by atoms with Crippen LogP contribution in [0.15, 0.2) is 60.7 Å². The SMILES string of the molecule is COC(=O)[C@@H]1CN1C(c1ccccc1)c1ccccc1. The Morgan fingerprint density at radius 3 is 2.00 bits per heavy atom. The number of carbonyl (C=O) groups excluding carboxylic acids is 1. The molecule has 0 spiro atoms. The molecule has 1 fully saturated rings. The van der Waals surface area contributed by atoms with Crippen LogP contribution >= 0.6 is 0 Å². The predicted molar refractivity (Wildman–Crippen MR) is 77.2 cm³/mol. The Morgan fingerprint density at radius 1 is 1.05 bits per heavy atom. The van der Waals surface area contributed by atoms with Gasteiger partial charge in [0.25, 0.3) is 0 Å². The van der Waals surface area contributed by atoms with Crippen molar-refractivity contribution in [2.45, 2.75) is 12.1 Å². The zero-order valence-electron chi connectivity index (χ0n) is 11.4. The highest BCUT2D eigenvalue weighted by Gasteiger charge is 2.46. The number of nitrogens with zero attached hydrogens (tertiary/aromatic N) is 1. The molecule has 3 nitrogen and oxygen atoms in total. The highest BCUT2D eigenvalue weighted by atomic mass is 16.5. The molecule has 1 unspecified atom stereocenters. The van der Waals surface area contributed by atoms with Gasteiger partial charge in [-0.05, 0) is 11.1 Å². The number of carbonyl (C=O) groups is 1. The fourth-order valence-electron chi connectivity index (χ4n) is 2.63. The number of esters is 1. The van der Waals surface area contributed by atoms with Crippen molar-refractivity contribution in [1.29, 1.82) is 0 Å². The monoisotopic (exact) mass is 267 g/mol. The minimum absolute atomic E-state index is 0.112. The van der Waals surface area contributed by atoms with Crippen molar-refractivity contribution in [3.63, 3.8) is 0 Å². The Balaban J connectivity index is 1.92. The molecule has 0 amide bonds. The number of rotatable bonds is 4. The van der Waals surface area contributed by atoms with Crippen molar-refractivity contribution in [1.82, 2.24) is 4.90 Å². The van der Waals surface area contributed by atoms with E-state index in [1.54, 1.807) is 0 Å². The van der Waals surface area contributed by atoms with Crippen LogP contribution in [0.3, 0.4) is 0 Å². The van der Waals surface area contributed by atoms with Gasteiger partial charge >= 0.3 is 5.97 Å². The van der Waals surface area contributed by atoms with E-state index in [1.165, 1.54) is 18.2 Å². The van der Waals surface area contributed by atoms with Gasteiger partial charge in [0.05, 0.1) is 13.2 Å². The van der Waals surface area contributed by atoms with Crippen LogP contribution in [-0.4, -0.2) is 30.6 Å². The summed E-state index contributed by atoms with van der Waals surface area (Å²) in [6, 6.07) is 20.5. The van der Waals surface area contributed by atoms with Crippen LogP contribution in [0.4, 0.5) is 0 Å². The van der Waals surface area contributed by atoms with Crippen molar-refractivity contribution in [3.05, 3.63) is 71.8 Å². The molecule has 1 saturated heterocycles. The summed E-state index contributed by atoms with van der Waals surface area (Å²) in [5.41, 5.74) is 2.40. The Morgan fingerprint density at radius 2 is 1.55 bits per heavy atom. The van der Waals surface area contributed by atoms with Crippen molar-refractivity contribution >= 4 is 5.97 Å². The Hall–Kier alpha value is -2.13. The van der Waals surface area contributed by atoms with E-state index in [1.807, 2.05) is 36.4 Å². The third-order valence-electron chi connectivity index (χ3n) is 3.69. The second-order valence-electron chi connectivity index (χ2n) is 4.96. The normalized spacial score (nSPS) is 20.7. The smallest absolute Gasteiger partial charge is 0.324 e. The van der Waals surface area contributed by atoms with E-state index < -0.39 is 0 Å². The molecule has 1 heterocycles. The number of benzene rings is 2. The van der Waals surface area contributed by atoms with Crippen LogP contribution in [0.5, 0.6) is 0 Å². The first-order valence-corrected chi connectivity index (χ1v) is 6.74. The molecule has 0 saturated carbocycles.